The van der Waals surface area contributed by atoms with Crippen molar-refractivity contribution in [3.63, 3.8) is 0 Å². The predicted molar refractivity (Wildman–Crippen MR) is 128 cm³/mol. The quantitative estimate of drug-likeness (QED) is 0.464. The van der Waals surface area contributed by atoms with Crippen molar-refractivity contribution in [2.75, 3.05) is 26.1 Å². The first-order chi connectivity index (χ1) is 16.3. The van der Waals surface area contributed by atoms with Crippen molar-refractivity contribution in [3.05, 3.63) is 89.5 Å². The van der Waals surface area contributed by atoms with E-state index in [1.54, 1.807) is 67.6 Å². The van der Waals surface area contributed by atoms with Gasteiger partial charge in [0.1, 0.15) is 5.75 Å². The molecule has 3 rings (SSSR count). The van der Waals surface area contributed by atoms with Crippen molar-refractivity contribution in [2.45, 2.75) is 18.4 Å². The van der Waals surface area contributed by atoms with E-state index < -0.39 is 16.0 Å². The van der Waals surface area contributed by atoms with E-state index in [0.29, 0.717) is 28.1 Å². The van der Waals surface area contributed by atoms with Gasteiger partial charge in [-0.3, -0.25) is 4.79 Å². The Hall–Kier alpha value is -3.69. The van der Waals surface area contributed by atoms with Crippen molar-refractivity contribution in [1.29, 1.82) is 0 Å². The maximum atomic E-state index is 12.9. The topological polar surface area (TPSA) is 102 Å². The number of esters is 1. The minimum atomic E-state index is -3.72. The molecule has 0 unspecified atom stereocenters. The molecule has 0 aliphatic rings. The number of hydrogen-bond donors (Lipinski definition) is 1. The fraction of sp³-hybridized carbons (Fsp3) is 0.200. The number of benzene rings is 3. The number of methoxy groups -OCH3 is 1. The van der Waals surface area contributed by atoms with E-state index in [1.807, 2.05) is 0 Å². The van der Waals surface area contributed by atoms with Crippen LogP contribution >= 0.6 is 0 Å². The van der Waals surface area contributed by atoms with E-state index >= 15 is 0 Å². The van der Waals surface area contributed by atoms with Crippen LogP contribution in [-0.2, 0) is 21.3 Å². The van der Waals surface area contributed by atoms with Crippen molar-refractivity contribution in [1.82, 2.24) is 4.31 Å². The highest BCUT2D eigenvalue weighted by Gasteiger charge is 2.22. The molecule has 3 aromatic rings. The molecular weight excluding hydrogens is 456 g/mol. The number of amides is 1. The summed E-state index contributed by atoms with van der Waals surface area (Å²) in [5, 5.41) is 2.77. The lowest BCUT2D eigenvalue weighted by Crippen LogP contribution is -2.27. The minimum Gasteiger partial charge on any atom is -0.496 e. The van der Waals surface area contributed by atoms with E-state index in [1.165, 1.54) is 30.6 Å². The van der Waals surface area contributed by atoms with Gasteiger partial charge in [-0.05, 0) is 61.5 Å². The molecule has 0 aliphatic carbocycles. The highest BCUT2D eigenvalue weighted by molar-refractivity contribution is 7.89. The van der Waals surface area contributed by atoms with Crippen molar-refractivity contribution in [3.8, 4) is 5.75 Å². The summed E-state index contributed by atoms with van der Waals surface area (Å²) in [6.45, 7) is 2.01. The van der Waals surface area contributed by atoms with E-state index in [4.69, 9.17) is 9.47 Å². The zero-order valence-corrected chi connectivity index (χ0v) is 20.0. The molecular formula is C25H26N2O6S. The molecule has 9 heteroatoms. The Morgan fingerprint density at radius 3 is 2.21 bits per heavy atom. The van der Waals surface area contributed by atoms with Gasteiger partial charge in [0.05, 0.1) is 24.2 Å². The molecule has 0 aromatic heterocycles. The van der Waals surface area contributed by atoms with E-state index in [0.717, 1.165) is 0 Å². The second kappa shape index (κ2) is 11.0. The van der Waals surface area contributed by atoms with Gasteiger partial charge in [0.15, 0.2) is 0 Å². The summed E-state index contributed by atoms with van der Waals surface area (Å²) in [6.07, 6.45) is 0. The average molecular weight is 483 g/mol. The third-order valence-corrected chi connectivity index (χ3v) is 6.86. The van der Waals surface area contributed by atoms with E-state index in [9.17, 15) is 18.0 Å². The smallest absolute Gasteiger partial charge is 0.338 e. The van der Waals surface area contributed by atoms with Gasteiger partial charge in [0, 0.05) is 30.4 Å². The summed E-state index contributed by atoms with van der Waals surface area (Å²) in [7, 11) is -0.766. The van der Waals surface area contributed by atoms with Gasteiger partial charge >= 0.3 is 5.97 Å². The first kappa shape index (κ1) is 24.9. The Bertz CT molecular complexity index is 1260. The Morgan fingerprint density at radius 2 is 1.59 bits per heavy atom. The maximum Gasteiger partial charge on any atom is 0.338 e. The first-order valence-electron chi connectivity index (χ1n) is 10.5. The fourth-order valence-corrected chi connectivity index (χ4v) is 4.42. The van der Waals surface area contributed by atoms with E-state index in [2.05, 4.69) is 5.32 Å². The molecule has 3 aromatic carbocycles. The van der Waals surface area contributed by atoms with Crippen LogP contribution in [0.4, 0.5) is 5.69 Å². The highest BCUT2D eigenvalue weighted by atomic mass is 32.2. The molecule has 0 saturated heterocycles. The van der Waals surface area contributed by atoms with Crippen LogP contribution in [0.25, 0.3) is 0 Å². The number of nitrogens with one attached hydrogen (secondary N) is 1. The SMILES string of the molecule is CCOC(=O)c1ccc(NC(=O)c2ccc(OC)c(CN(C)S(=O)(=O)c3ccccc3)c2)cc1. The molecule has 1 amide bonds. The second-order valence-corrected chi connectivity index (χ2v) is 9.40. The summed E-state index contributed by atoms with van der Waals surface area (Å²) in [4.78, 5) is 24.8. The van der Waals surface area contributed by atoms with Crippen LogP contribution in [0.5, 0.6) is 5.75 Å². The average Bonchev–Trinajstić information content (AvgIpc) is 2.85. The van der Waals surface area contributed by atoms with Gasteiger partial charge in [-0.25, -0.2) is 13.2 Å². The molecule has 0 heterocycles. The van der Waals surface area contributed by atoms with Crippen molar-refractivity contribution in [2.24, 2.45) is 0 Å². The highest BCUT2D eigenvalue weighted by Crippen LogP contribution is 2.25. The summed E-state index contributed by atoms with van der Waals surface area (Å²) in [5.74, 6) is -0.360. The zero-order chi connectivity index (χ0) is 24.7. The third-order valence-electron chi connectivity index (χ3n) is 5.04. The summed E-state index contributed by atoms with van der Waals surface area (Å²) in [5.41, 5.74) is 1.75. The number of anilines is 1. The number of carbonyl (C=O) groups is 2. The molecule has 178 valence electrons. The molecule has 0 fully saturated rings. The molecule has 8 nitrogen and oxygen atoms in total. The number of rotatable bonds is 9. The third kappa shape index (κ3) is 5.81. The number of nitrogens with zero attached hydrogens (tertiary/aromatic N) is 1. The first-order valence-corrected chi connectivity index (χ1v) is 12.0. The van der Waals surface area contributed by atoms with Gasteiger partial charge in [0.2, 0.25) is 10.0 Å². The van der Waals surface area contributed by atoms with Crippen LogP contribution < -0.4 is 10.1 Å². The Balaban J connectivity index is 1.78. The van der Waals surface area contributed by atoms with Crippen LogP contribution in [0.1, 0.15) is 33.2 Å². The Morgan fingerprint density at radius 1 is 0.941 bits per heavy atom. The number of hydrogen-bond acceptors (Lipinski definition) is 6. The summed E-state index contributed by atoms with van der Waals surface area (Å²) in [6, 6.07) is 19.3. The molecule has 0 atom stereocenters. The van der Waals surface area contributed by atoms with Crippen molar-refractivity contribution >= 4 is 27.6 Å². The maximum absolute atomic E-state index is 12.9. The van der Waals surface area contributed by atoms with Gasteiger partial charge in [-0.2, -0.15) is 4.31 Å². The number of carbonyl (C=O) groups excluding carboxylic acids is 2. The monoisotopic (exact) mass is 482 g/mol. The minimum absolute atomic E-state index is 0.00968. The van der Waals surface area contributed by atoms with Gasteiger partial charge in [-0.15, -0.1) is 0 Å². The Kier molecular flexibility index (Phi) is 8.04. The van der Waals surface area contributed by atoms with Gasteiger partial charge in [0.25, 0.3) is 5.91 Å². The standard InChI is InChI=1S/C25H26N2O6S/c1-4-33-25(29)18-10-13-21(14-11-18)26-24(28)19-12-15-23(32-3)20(16-19)17-27(2)34(30,31)22-8-6-5-7-9-22/h5-16H,4,17H2,1-3H3,(H,26,28). The molecule has 0 saturated carbocycles. The molecule has 0 spiro atoms. The zero-order valence-electron chi connectivity index (χ0n) is 19.1. The Labute approximate surface area is 199 Å². The normalized spacial score (nSPS) is 11.2. The van der Waals surface area contributed by atoms with Crippen LogP contribution in [0, 0.1) is 0 Å². The number of ether oxygens (including phenoxy) is 2. The van der Waals surface area contributed by atoms with Crippen LogP contribution in [-0.4, -0.2) is 45.4 Å². The van der Waals surface area contributed by atoms with Crippen LogP contribution in [0.2, 0.25) is 0 Å². The summed E-state index contributed by atoms with van der Waals surface area (Å²) < 4.78 is 37.3. The van der Waals surface area contributed by atoms with Crippen LogP contribution in [0.3, 0.4) is 0 Å². The molecule has 34 heavy (non-hydrogen) atoms. The lowest BCUT2D eigenvalue weighted by molar-refractivity contribution is 0.0526. The molecule has 0 aliphatic heterocycles. The lowest BCUT2D eigenvalue weighted by atomic mass is 10.1. The molecule has 0 radical (unpaired) electrons. The largest absolute Gasteiger partial charge is 0.496 e. The van der Waals surface area contributed by atoms with Gasteiger partial charge < -0.3 is 14.8 Å². The second-order valence-electron chi connectivity index (χ2n) is 7.35. The van der Waals surface area contributed by atoms with Crippen LogP contribution in [0.15, 0.2) is 77.7 Å². The molecule has 1 N–H and O–H groups in total. The predicted octanol–water partition coefficient (Wildman–Crippen LogP) is 3.94. The van der Waals surface area contributed by atoms with E-state index in [-0.39, 0.29) is 24.0 Å². The summed E-state index contributed by atoms with van der Waals surface area (Å²) >= 11 is 0. The molecule has 0 bridgehead atoms. The fourth-order valence-electron chi connectivity index (χ4n) is 3.25. The lowest BCUT2D eigenvalue weighted by Gasteiger charge is -2.19. The van der Waals surface area contributed by atoms with Crippen molar-refractivity contribution < 1.29 is 27.5 Å². The number of sulfonamides is 1. The van der Waals surface area contributed by atoms with Gasteiger partial charge in [-0.1, -0.05) is 18.2 Å².